The van der Waals surface area contributed by atoms with Gasteiger partial charge in [-0.1, -0.05) is 102 Å². The molecule has 41 N–H and O–H groups in total. The van der Waals surface area contributed by atoms with E-state index in [1.54, 1.807) is 68.6 Å². The molecule has 1 aromatic rings. The molecule has 55 heteroatoms. The topological polar surface area (TPSA) is 914 Å². The highest BCUT2D eigenvalue weighted by Crippen LogP contribution is 2.20. The number of rotatable bonds is 75. The molecule has 0 aliphatic carbocycles. The molecule has 0 aliphatic heterocycles. The van der Waals surface area contributed by atoms with Gasteiger partial charge in [0.15, 0.2) is 17.9 Å². The summed E-state index contributed by atoms with van der Waals surface area (Å²) >= 11 is 1.26. The van der Waals surface area contributed by atoms with Crippen molar-refractivity contribution in [3.8, 4) is 5.75 Å². The van der Waals surface area contributed by atoms with E-state index in [0.29, 0.717) is 24.8 Å². The second-order valence-corrected chi connectivity index (χ2v) is 40.0. The molecule has 1 rings (SSSR count). The van der Waals surface area contributed by atoms with Crippen LogP contribution in [0.1, 0.15) is 218 Å². The fourth-order valence-electron chi connectivity index (χ4n) is 15.1. The number of nitrogens with two attached hydrogens (primary N) is 6. The smallest absolute Gasteiger partial charge is 0.326 e. The van der Waals surface area contributed by atoms with Crippen molar-refractivity contribution in [2.24, 2.45) is 69.9 Å². The van der Waals surface area contributed by atoms with E-state index in [0.717, 1.165) is 6.92 Å². The monoisotopic (exact) mass is 2150 g/mol. The summed E-state index contributed by atoms with van der Waals surface area (Å²) in [5.41, 5.74) is 34.2. The summed E-state index contributed by atoms with van der Waals surface area (Å²) in [6.07, 6.45) is -0.434. The maximum Gasteiger partial charge on any atom is 0.326 e. The van der Waals surface area contributed by atoms with Crippen molar-refractivity contribution >= 4 is 142 Å². The average Bonchev–Trinajstić information content (AvgIpc) is 0.839. The molecule has 0 bridgehead atoms. The van der Waals surface area contributed by atoms with E-state index in [9.17, 15) is 122 Å². The van der Waals surface area contributed by atoms with Gasteiger partial charge in [0.25, 0.3) is 0 Å². The van der Waals surface area contributed by atoms with Crippen LogP contribution in [-0.4, -0.2) is 334 Å². The summed E-state index contributed by atoms with van der Waals surface area (Å²) in [4.78, 5) is 268. The number of guanidine groups is 3. The summed E-state index contributed by atoms with van der Waals surface area (Å²) in [7, 11) is 0. The Morgan fingerprint density at radius 1 is 0.347 bits per heavy atom. The lowest BCUT2D eigenvalue weighted by molar-refractivity contribution is -0.142. The van der Waals surface area contributed by atoms with Crippen LogP contribution in [-0.2, 0) is 97.5 Å². The summed E-state index contributed by atoms with van der Waals surface area (Å²) in [5.74, 6) is -24.5. The maximum atomic E-state index is 14.9. The Morgan fingerprint density at radius 3 is 1.03 bits per heavy atom. The Hall–Kier alpha value is -13.1. The zero-order valence-corrected chi connectivity index (χ0v) is 89.5. The normalized spacial score (nSPS) is 15.3. The molecule has 17 amide bonds. The Kier molecular flexibility index (Phi) is 64.3. The van der Waals surface area contributed by atoms with Gasteiger partial charge in [-0.25, -0.2) is 4.79 Å². The van der Waals surface area contributed by atoms with Gasteiger partial charge in [-0.2, -0.15) is 11.8 Å². The zero-order chi connectivity index (χ0) is 114. The van der Waals surface area contributed by atoms with Crippen LogP contribution < -0.4 is 141 Å². The van der Waals surface area contributed by atoms with Crippen LogP contribution in [0.25, 0.3) is 0 Å². The fourth-order valence-corrected chi connectivity index (χ4v) is 15.6. The molecule has 0 heterocycles. The van der Waals surface area contributed by atoms with E-state index in [2.05, 4.69) is 106 Å². The molecule has 0 radical (unpaired) electrons. The summed E-state index contributed by atoms with van der Waals surface area (Å²) in [6.45, 7) is 20.2. The zero-order valence-electron chi connectivity index (χ0n) is 88.6. The van der Waals surface area contributed by atoms with Crippen molar-refractivity contribution in [1.82, 2.24) is 106 Å². The van der Waals surface area contributed by atoms with Gasteiger partial charge in [0, 0.05) is 26.1 Å². The highest BCUT2D eigenvalue weighted by Gasteiger charge is 2.42. The van der Waals surface area contributed by atoms with Crippen LogP contribution in [0.4, 0.5) is 0 Å². The average molecular weight is 2150 g/mol. The van der Waals surface area contributed by atoms with Gasteiger partial charge in [0.05, 0.1) is 31.8 Å². The quantitative estimate of drug-likeness (QED) is 0.0164. The second-order valence-electron chi connectivity index (χ2n) is 39.0. The molecule has 1 aromatic carbocycles. The lowest BCUT2D eigenvalue weighted by atomic mass is 9.96. The molecular formula is C95H169N29O25S. The molecule has 0 saturated carbocycles. The third-order valence-electron chi connectivity index (χ3n) is 23.7. The van der Waals surface area contributed by atoms with E-state index in [4.69, 9.17) is 50.6 Å². The number of carbonyl (C=O) groups is 19. The number of aliphatic hydroxyl groups is 3. The van der Waals surface area contributed by atoms with Gasteiger partial charge in [0.2, 0.25) is 100 Å². The van der Waals surface area contributed by atoms with E-state index in [1.807, 2.05) is 0 Å². The largest absolute Gasteiger partial charge is 0.508 e. The third kappa shape index (κ3) is 52.8. The highest BCUT2D eigenvalue weighted by atomic mass is 32.2. The Bertz CT molecular complexity index is 4560. The summed E-state index contributed by atoms with van der Waals surface area (Å²) in [6, 6.07) is -22.7. The number of benzene rings is 1. The number of carboxylic acids is 2. The number of phenolic OH excluding ortho intramolecular Hbond substituents is 1. The van der Waals surface area contributed by atoms with Crippen LogP contribution in [0.3, 0.4) is 0 Å². The van der Waals surface area contributed by atoms with Crippen LogP contribution in [0.5, 0.6) is 5.75 Å². The SMILES string of the molecule is CC[C@H](C)[C@H](NC(=O)[C@@H](NC(=O)[C@H](CC(C)C)NC(=O)[C@H](CCCNC(=N)N)NC(=O)[C@H](CCSC)NC(=O)[C@@H](NC(=O)[C@H](CO)NC(=O)[C@H](C)NC(=O)[C@H](CCCCN)NC(=O)[C@H](CC(=O)O)NC(=O)[C@@H](N)CC(C)C)C(C)C)[C@@H](C)O)C(=O)N[C@@H](CO)C(=O)N[C@@H](Cc1ccc(O)cc1)C(=O)N[C@@H](CC(C)C)C(=O)N[C@@H](CCCNC(=N)N)C(=O)N[C@H](C(=O)N[C@@H](CCCNC(=N)N)C(=O)N[C@@H](CCCCN)C(=O)O)C(C)C. The van der Waals surface area contributed by atoms with E-state index >= 15 is 0 Å². The fraction of sp³-hybridized carbons (Fsp3) is 0.705. The van der Waals surface area contributed by atoms with Gasteiger partial charge in [-0.15, -0.1) is 0 Å². The Labute approximate surface area is 879 Å². The van der Waals surface area contributed by atoms with Crippen LogP contribution >= 0.6 is 11.8 Å². The van der Waals surface area contributed by atoms with Crippen molar-refractivity contribution in [2.75, 3.05) is 57.9 Å². The lowest BCUT2D eigenvalue weighted by Crippen LogP contribution is -2.63. The molecule has 0 aromatic heterocycles. The van der Waals surface area contributed by atoms with Crippen molar-refractivity contribution in [1.29, 1.82) is 16.2 Å². The van der Waals surface area contributed by atoms with E-state index in [-0.39, 0.29) is 152 Å². The van der Waals surface area contributed by atoms with Crippen LogP contribution in [0.2, 0.25) is 0 Å². The number of carbonyl (C=O) groups excluding carboxylic acids is 17. The van der Waals surface area contributed by atoms with Crippen molar-refractivity contribution in [2.45, 2.75) is 334 Å². The minimum Gasteiger partial charge on any atom is -0.508 e. The van der Waals surface area contributed by atoms with Gasteiger partial charge >= 0.3 is 11.9 Å². The summed E-state index contributed by atoms with van der Waals surface area (Å²) < 4.78 is 0. The Morgan fingerprint density at radius 2 is 0.647 bits per heavy atom. The molecule has 0 fully saturated rings. The number of hydrogen-bond acceptors (Lipinski definition) is 30. The molecule has 0 saturated heterocycles. The van der Waals surface area contributed by atoms with Crippen LogP contribution in [0, 0.1) is 51.7 Å². The number of nitrogens with one attached hydrogen (secondary N) is 23. The molecule has 0 aliphatic rings. The molecule has 850 valence electrons. The first-order valence-corrected chi connectivity index (χ1v) is 52.0. The minimum atomic E-state index is -1.94. The number of aliphatic carboxylic acids is 2. The molecule has 150 heavy (non-hydrogen) atoms. The number of unbranched alkanes of at least 4 members (excludes halogenated alkanes) is 2. The standard InChI is InChI=1S/C95H169N29O25S/c1-16-52(12)73(90(146)120-68(45-125)86(142)118-66(43-55-29-31-56(128)32-30-55)83(139)117-64(41-48(4)5)82(138)111-61(28-23-38-107-95(103)104)81(137)121-71(50(8)9)88(144)112-60(27-22-37-106-94(101)102)78(134)114-63(92(148)149)25-18-20-35-97)123-91(147)74(54(14)127)124-85(141)65(42-49(6)7)116-79(135)59(26-21-36-105-93(99)100)109-80(136)62(33-39-150-15)113-89(145)72(51(10)11)122-87(143)69(46-126)119-75(131)53(13)108-77(133)58(24-17-19-34-96)110-84(140)67(44-70(129)130)115-76(132)57(98)40-47(2)3/h29-32,47-54,57-69,71-74,125-128H,16-28,33-46,96-98H2,1-15H3,(H,108,133)(H,109,136)(H,110,140)(H,111,138)(H,112,144)(H,113,145)(H,114,134)(H,115,132)(H,116,135)(H,117,139)(H,118,142)(H,119,131)(H,120,146)(H,121,137)(H,122,143)(H,123,147)(H,124,141)(H,129,130)(H,148,149)(H4,99,100,105)(H4,101,102,106)(H4,103,104,107)/t52-,53-,54+,57-,58-,59-,60-,61-,62-,63-,64-,65-,66-,67-,68-,69-,71-,72-,73-,74-/m0/s1. The first-order valence-electron chi connectivity index (χ1n) is 50.6. The molecule has 0 unspecified atom stereocenters. The molecular weight excluding hydrogens is 1980 g/mol. The second kappa shape index (κ2) is 71.5. The predicted octanol–water partition coefficient (Wildman–Crippen LogP) is -7.25. The number of amides is 17. The number of hydrogen-bond donors (Lipinski definition) is 35. The van der Waals surface area contributed by atoms with Crippen molar-refractivity contribution in [3.05, 3.63) is 29.8 Å². The maximum absolute atomic E-state index is 14.9. The number of carboxylic acid groups (broad SMARTS) is 2. The molecule has 0 spiro atoms. The number of thioether (sulfide) groups is 1. The molecule has 20 atom stereocenters. The minimum absolute atomic E-state index is 0.00159. The third-order valence-corrected chi connectivity index (χ3v) is 24.4. The highest BCUT2D eigenvalue weighted by molar-refractivity contribution is 7.98. The first-order chi connectivity index (χ1) is 70.4. The van der Waals surface area contributed by atoms with Gasteiger partial charge < -0.3 is 171 Å². The number of phenols is 1. The van der Waals surface area contributed by atoms with E-state index in [1.165, 1.54) is 63.7 Å². The van der Waals surface area contributed by atoms with Gasteiger partial charge in [-0.05, 0) is 195 Å². The summed E-state index contributed by atoms with van der Waals surface area (Å²) in [5, 5.41) is 136. The van der Waals surface area contributed by atoms with Crippen LogP contribution in [0.15, 0.2) is 24.3 Å². The van der Waals surface area contributed by atoms with Gasteiger partial charge in [0.1, 0.15) is 108 Å². The Balaban J connectivity index is 3.78. The van der Waals surface area contributed by atoms with Gasteiger partial charge in [-0.3, -0.25) is 103 Å². The van der Waals surface area contributed by atoms with Crippen molar-refractivity contribution in [3.63, 3.8) is 0 Å². The molecule has 54 nitrogen and oxygen atoms in total. The van der Waals surface area contributed by atoms with Crippen molar-refractivity contribution < 1.29 is 122 Å². The number of aliphatic hydroxyl groups excluding tert-OH is 3. The predicted molar refractivity (Wildman–Crippen MR) is 558 cm³/mol. The van der Waals surface area contributed by atoms with E-state index < -0.39 is 288 Å². The lowest BCUT2D eigenvalue weighted by Gasteiger charge is -2.31. The first kappa shape index (κ1) is 135. The number of aromatic hydroxyl groups is 1.